The van der Waals surface area contributed by atoms with E-state index in [0.717, 1.165) is 26.6 Å². The second kappa shape index (κ2) is 5.97. The fraction of sp³-hybridized carbons (Fsp3) is 0.167. The Hall–Kier alpha value is -2.07. The summed E-state index contributed by atoms with van der Waals surface area (Å²) in [6, 6.07) is 14.0. The maximum absolute atomic E-state index is 12.5. The summed E-state index contributed by atoms with van der Waals surface area (Å²) in [6.45, 7) is 2.31. The first kappa shape index (κ1) is 14.9. The van der Waals surface area contributed by atoms with E-state index in [1.165, 1.54) is 5.56 Å². The quantitative estimate of drug-likeness (QED) is 0.696. The molecule has 3 nitrogen and oxygen atoms in total. The average molecular weight is 357 g/mol. The number of carbonyl (C=O) groups is 1. The molecule has 0 unspecified atom stereocenters. The molecule has 3 aromatic rings. The molecular formula is C18H17BrN2O. The van der Waals surface area contributed by atoms with Gasteiger partial charge < -0.3 is 9.88 Å². The van der Waals surface area contributed by atoms with Crippen molar-refractivity contribution < 1.29 is 4.79 Å². The van der Waals surface area contributed by atoms with Crippen molar-refractivity contribution in [3.05, 3.63) is 64.3 Å². The molecule has 0 aliphatic heterocycles. The molecule has 1 N–H and O–H groups in total. The minimum absolute atomic E-state index is 0.0873. The van der Waals surface area contributed by atoms with Crippen LogP contribution in [0.5, 0.6) is 0 Å². The standard InChI is InChI=1S/C18H17BrN2O/c1-12-7-8-16(15(19)9-12)20-10-18(22)14-11-21(2)17-6-4-3-5-13(14)17/h3-9,11,20H,10H2,1-2H3. The van der Waals surface area contributed by atoms with Gasteiger partial charge in [0.2, 0.25) is 0 Å². The van der Waals surface area contributed by atoms with E-state index >= 15 is 0 Å². The van der Waals surface area contributed by atoms with Crippen molar-refractivity contribution >= 4 is 38.3 Å². The van der Waals surface area contributed by atoms with Crippen LogP contribution in [0.1, 0.15) is 15.9 Å². The number of ketones is 1. The number of aromatic nitrogens is 1. The lowest BCUT2D eigenvalue weighted by atomic mass is 10.1. The summed E-state index contributed by atoms with van der Waals surface area (Å²) in [6.07, 6.45) is 1.90. The Balaban J connectivity index is 1.82. The number of fused-ring (bicyclic) bond motifs is 1. The Morgan fingerprint density at radius 3 is 2.77 bits per heavy atom. The number of para-hydroxylation sites is 1. The first-order valence-corrected chi connectivity index (χ1v) is 7.93. The minimum atomic E-state index is 0.0873. The van der Waals surface area contributed by atoms with Gasteiger partial charge in [0.1, 0.15) is 0 Å². The number of anilines is 1. The van der Waals surface area contributed by atoms with Gasteiger partial charge in [0.05, 0.1) is 6.54 Å². The van der Waals surface area contributed by atoms with Gasteiger partial charge in [-0.1, -0.05) is 24.3 Å². The average Bonchev–Trinajstić information content (AvgIpc) is 2.84. The van der Waals surface area contributed by atoms with Crippen LogP contribution in [0.3, 0.4) is 0 Å². The summed E-state index contributed by atoms with van der Waals surface area (Å²) in [4.78, 5) is 12.5. The molecule has 0 spiro atoms. The summed E-state index contributed by atoms with van der Waals surface area (Å²) in [5.41, 5.74) is 3.94. The molecule has 0 radical (unpaired) electrons. The highest BCUT2D eigenvalue weighted by atomic mass is 79.9. The Morgan fingerprint density at radius 1 is 1.23 bits per heavy atom. The van der Waals surface area contributed by atoms with Gasteiger partial charge in [0, 0.05) is 39.9 Å². The first-order valence-electron chi connectivity index (χ1n) is 7.13. The molecule has 0 atom stereocenters. The molecular weight excluding hydrogens is 340 g/mol. The molecule has 2 aromatic carbocycles. The second-order valence-electron chi connectivity index (χ2n) is 5.43. The highest BCUT2D eigenvalue weighted by Gasteiger charge is 2.13. The number of Topliss-reactive ketones (excluding diaryl/α,β-unsaturated/α-hetero) is 1. The van der Waals surface area contributed by atoms with E-state index in [1.807, 2.05) is 67.2 Å². The lowest BCUT2D eigenvalue weighted by molar-refractivity contribution is 0.101. The van der Waals surface area contributed by atoms with E-state index in [0.29, 0.717) is 0 Å². The van der Waals surface area contributed by atoms with E-state index in [1.54, 1.807) is 0 Å². The Morgan fingerprint density at radius 2 is 2.00 bits per heavy atom. The van der Waals surface area contributed by atoms with E-state index in [9.17, 15) is 4.79 Å². The molecule has 4 heteroatoms. The second-order valence-corrected chi connectivity index (χ2v) is 6.29. The molecule has 1 heterocycles. The maximum Gasteiger partial charge on any atom is 0.184 e. The van der Waals surface area contributed by atoms with Crippen LogP contribution in [0.2, 0.25) is 0 Å². The number of aryl methyl sites for hydroxylation is 2. The number of benzene rings is 2. The Kier molecular flexibility index (Phi) is 4.03. The molecule has 0 saturated carbocycles. The third kappa shape index (κ3) is 2.79. The van der Waals surface area contributed by atoms with Crippen molar-refractivity contribution in [3.63, 3.8) is 0 Å². The number of nitrogens with one attached hydrogen (secondary N) is 1. The molecule has 0 fully saturated rings. The largest absolute Gasteiger partial charge is 0.377 e. The molecule has 1 aromatic heterocycles. The van der Waals surface area contributed by atoms with E-state index in [2.05, 4.69) is 21.2 Å². The fourth-order valence-corrected chi connectivity index (χ4v) is 3.23. The van der Waals surface area contributed by atoms with E-state index in [4.69, 9.17) is 0 Å². The lowest BCUT2D eigenvalue weighted by Gasteiger charge is -2.08. The van der Waals surface area contributed by atoms with Crippen LogP contribution in [-0.4, -0.2) is 16.9 Å². The fourth-order valence-electron chi connectivity index (χ4n) is 2.60. The number of nitrogens with zero attached hydrogens (tertiary/aromatic N) is 1. The molecule has 0 aliphatic carbocycles. The maximum atomic E-state index is 12.5. The topological polar surface area (TPSA) is 34.0 Å². The minimum Gasteiger partial charge on any atom is -0.377 e. The lowest BCUT2D eigenvalue weighted by Crippen LogP contribution is -2.14. The zero-order chi connectivity index (χ0) is 15.7. The van der Waals surface area contributed by atoms with Gasteiger partial charge >= 0.3 is 0 Å². The molecule has 0 amide bonds. The van der Waals surface area contributed by atoms with Crippen molar-refractivity contribution in [1.82, 2.24) is 4.57 Å². The first-order chi connectivity index (χ1) is 10.6. The predicted octanol–water partition coefficient (Wildman–Crippen LogP) is 4.54. The number of halogens is 1. The monoisotopic (exact) mass is 356 g/mol. The summed E-state index contributed by atoms with van der Waals surface area (Å²) >= 11 is 3.52. The number of rotatable bonds is 4. The number of hydrogen-bond donors (Lipinski definition) is 1. The van der Waals surface area contributed by atoms with Crippen LogP contribution < -0.4 is 5.32 Å². The normalized spacial score (nSPS) is 10.9. The molecule has 22 heavy (non-hydrogen) atoms. The summed E-state index contributed by atoms with van der Waals surface area (Å²) < 4.78 is 2.96. The van der Waals surface area contributed by atoms with Crippen LogP contribution in [0.25, 0.3) is 10.9 Å². The molecule has 0 bridgehead atoms. The molecule has 112 valence electrons. The van der Waals surface area contributed by atoms with Crippen LogP contribution in [-0.2, 0) is 7.05 Å². The van der Waals surface area contributed by atoms with Gasteiger partial charge in [0.25, 0.3) is 0 Å². The zero-order valence-electron chi connectivity index (χ0n) is 12.6. The Labute approximate surface area is 138 Å². The van der Waals surface area contributed by atoms with Gasteiger partial charge in [-0.05, 0) is 46.6 Å². The van der Waals surface area contributed by atoms with E-state index in [-0.39, 0.29) is 12.3 Å². The highest BCUT2D eigenvalue weighted by Crippen LogP contribution is 2.24. The number of carbonyl (C=O) groups excluding carboxylic acids is 1. The SMILES string of the molecule is Cc1ccc(NCC(=O)c2cn(C)c3ccccc23)c(Br)c1. The van der Waals surface area contributed by atoms with Crippen LogP contribution in [0.4, 0.5) is 5.69 Å². The van der Waals surface area contributed by atoms with Crippen LogP contribution in [0.15, 0.2) is 53.1 Å². The van der Waals surface area contributed by atoms with Gasteiger partial charge in [-0.3, -0.25) is 4.79 Å². The van der Waals surface area contributed by atoms with Crippen molar-refractivity contribution in [3.8, 4) is 0 Å². The van der Waals surface area contributed by atoms with Crippen LogP contribution >= 0.6 is 15.9 Å². The third-order valence-electron chi connectivity index (χ3n) is 3.76. The van der Waals surface area contributed by atoms with Crippen LogP contribution in [0, 0.1) is 6.92 Å². The van der Waals surface area contributed by atoms with E-state index < -0.39 is 0 Å². The zero-order valence-corrected chi connectivity index (χ0v) is 14.1. The molecule has 0 saturated heterocycles. The van der Waals surface area contributed by atoms with Crippen molar-refractivity contribution in [1.29, 1.82) is 0 Å². The van der Waals surface area contributed by atoms with Gasteiger partial charge in [-0.25, -0.2) is 0 Å². The summed E-state index contributed by atoms with van der Waals surface area (Å²) in [5.74, 6) is 0.0873. The molecule has 3 rings (SSSR count). The Bertz CT molecular complexity index is 851. The van der Waals surface area contributed by atoms with Crippen molar-refractivity contribution in [2.45, 2.75) is 6.92 Å². The number of hydrogen-bond acceptors (Lipinski definition) is 2. The smallest absolute Gasteiger partial charge is 0.184 e. The summed E-state index contributed by atoms with van der Waals surface area (Å²) in [7, 11) is 1.96. The van der Waals surface area contributed by atoms with Crippen molar-refractivity contribution in [2.75, 3.05) is 11.9 Å². The third-order valence-corrected chi connectivity index (χ3v) is 4.42. The summed E-state index contributed by atoms with van der Waals surface area (Å²) in [5, 5.41) is 4.21. The van der Waals surface area contributed by atoms with Gasteiger partial charge in [0.15, 0.2) is 5.78 Å². The highest BCUT2D eigenvalue weighted by molar-refractivity contribution is 9.10. The molecule has 0 aliphatic rings. The predicted molar refractivity (Wildman–Crippen MR) is 94.6 cm³/mol. The van der Waals surface area contributed by atoms with Crippen molar-refractivity contribution in [2.24, 2.45) is 7.05 Å². The van der Waals surface area contributed by atoms with Gasteiger partial charge in [-0.2, -0.15) is 0 Å². The van der Waals surface area contributed by atoms with Gasteiger partial charge in [-0.15, -0.1) is 0 Å².